The lowest BCUT2D eigenvalue weighted by Crippen LogP contribution is -1.93. The largest absolute Gasteiger partial charge is 0.298 e. The van der Waals surface area contributed by atoms with E-state index in [-0.39, 0.29) is 0 Å². The first kappa shape index (κ1) is 8.06. The van der Waals surface area contributed by atoms with E-state index >= 15 is 0 Å². The van der Waals surface area contributed by atoms with E-state index < -0.39 is 0 Å². The third kappa shape index (κ3) is 1.72. The summed E-state index contributed by atoms with van der Waals surface area (Å²) in [6, 6.07) is 1.79. The Morgan fingerprint density at radius 1 is 1.30 bits per heavy atom. The maximum Gasteiger partial charge on any atom is 0.0249 e. The van der Waals surface area contributed by atoms with Crippen molar-refractivity contribution in [2.45, 2.75) is 51.6 Å². The maximum absolute atomic E-state index is 2.45. The molecule has 1 nitrogen and oxygen atoms in total. The van der Waals surface area contributed by atoms with E-state index in [4.69, 9.17) is 0 Å². The topological polar surface area (TPSA) is 3.01 Å². The van der Waals surface area contributed by atoms with Gasteiger partial charge in [-0.1, -0.05) is 26.2 Å². The molecule has 0 saturated carbocycles. The molecule has 1 aliphatic rings. The fraction of sp³-hybridized carbons (Fsp3) is 1.00. The minimum absolute atomic E-state index is 0.872. The molecule has 0 radical (unpaired) electrons. The third-order valence-electron chi connectivity index (χ3n) is 2.74. The molecule has 1 rings (SSSR count). The predicted molar refractivity (Wildman–Crippen MR) is 45.2 cm³/mol. The van der Waals surface area contributed by atoms with Crippen molar-refractivity contribution in [3.63, 3.8) is 0 Å². The van der Waals surface area contributed by atoms with Gasteiger partial charge in [-0.2, -0.15) is 0 Å². The molecule has 10 heavy (non-hydrogen) atoms. The summed E-state index contributed by atoms with van der Waals surface area (Å²) in [5.41, 5.74) is 0. The molecule has 0 N–H and O–H groups in total. The quantitative estimate of drug-likeness (QED) is 0.429. The molecule has 1 fully saturated rings. The highest BCUT2D eigenvalue weighted by Gasteiger charge is 2.38. The van der Waals surface area contributed by atoms with Crippen LogP contribution in [0.5, 0.6) is 0 Å². The first-order chi connectivity index (χ1) is 4.77. The average molecular weight is 141 g/mol. The number of hydrogen-bond donors (Lipinski definition) is 0. The summed E-state index contributed by atoms with van der Waals surface area (Å²) in [6.07, 6.45) is 5.61. The maximum atomic E-state index is 2.45. The van der Waals surface area contributed by atoms with Crippen molar-refractivity contribution in [1.29, 1.82) is 0 Å². The Kier molecular flexibility index (Phi) is 2.72. The fourth-order valence-electron chi connectivity index (χ4n) is 1.62. The van der Waals surface area contributed by atoms with E-state index in [9.17, 15) is 0 Å². The number of nitrogens with zero attached hydrogens (tertiary/aromatic N) is 1. The Hall–Kier alpha value is -0.0400. The molecule has 60 valence electrons. The van der Waals surface area contributed by atoms with Gasteiger partial charge in [-0.3, -0.25) is 4.90 Å². The fourth-order valence-corrected chi connectivity index (χ4v) is 1.62. The van der Waals surface area contributed by atoms with Crippen molar-refractivity contribution >= 4 is 0 Å². The first-order valence-corrected chi connectivity index (χ1v) is 4.49. The van der Waals surface area contributed by atoms with E-state index in [2.05, 4.69) is 25.8 Å². The number of likely N-dealkylation sites (N-methyl/N-ethyl adjacent to an activating group) is 1. The minimum atomic E-state index is 0.872. The van der Waals surface area contributed by atoms with Crippen LogP contribution in [0.4, 0.5) is 0 Å². The van der Waals surface area contributed by atoms with Gasteiger partial charge in [0.05, 0.1) is 0 Å². The summed E-state index contributed by atoms with van der Waals surface area (Å²) in [5.74, 6) is 0. The lowest BCUT2D eigenvalue weighted by Gasteiger charge is -1.95. The second-order valence-corrected chi connectivity index (χ2v) is 3.47. The molecule has 0 aromatic heterocycles. The molecule has 0 bridgehead atoms. The zero-order valence-corrected chi connectivity index (χ0v) is 7.43. The summed E-state index contributed by atoms with van der Waals surface area (Å²) in [6.45, 7) is 4.58. The highest BCUT2D eigenvalue weighted by atomic mass is 15.3. The molecular weight excluding hydrogens is 122 g/mol. The Labute approximate surface area is 64.4 Å². The molecule has 1 heterocycles. The summed E-state index contributed by atoms with van der Waals surface area (Å²) >= 11 is 0. The van der Waals surface area contributed by atoms with Gasteiger partial charge in [0, 0.05) is 12.1 Å². The van der Waals surface area contributed by atoms with Crippen molar-refractivity contribution in [3.05, 3.63) is 0 Å². The summed E-state index contributed by atoms with van der Waals surface area (Å²) < 4.78 is 0. The van der Waals surface area contributed by atoms with Crippen LogP contribution in [0.1, 0.15) is 39.5 Å². The van der Waals surface area contributed by atoms with Crippen molar-refractivity contribution < 1.29 is 0 Å². The van der Waals surface area contributed by atoms with Gasteiger partial charge >= 0.3 is 0 Å². The lowest BCUT2D eigenvalue weighted by molar-refractivity contribution is 0.548. The van der Waals surface area contributed by atoms with Gasteiger partial charge in [0.2, 0.25) is 0 Å². The Bertz CT molecular complexity index is 92.9. The van der Waals surface area contributed by atoms with Crippen molar-refractivity contribution in [2.24, 2.45) is 0 Å². The average Bonchev–Trinajstić information content (AvgIpc) is 2.46. The highest BCUT2D eigenvalue weighted by Crippen LogP contribution is 2.29. The molecule has 0 aromatic carbocycles. The van der Waals surface area contributed by atoms with Crippen molar-refractivity contribution in [3.8, 4) is 0 Å². The molecule has 0 aromatic rings. The molecule has 1 heteroatoms. The van der Waals surface area contributed by atoms with Crippen molar-refractivity contribution in [1.82, 2.24) is 4.90 Å². The summed E-state index contributed by atoms with van der Waals surface area (Å²) in [4.78, 5) is 2.45. The highest BCUT2D eigenvalue weighted by molar-refractivity contribution is 4.95. The van der Waals surface area contributed by atoms with E-state index in [0.29, 0.717) is 0 Å². The van der Waals surface area contributed by atoms with Crippen LogP contribution in [0.3, 0.4) is 0 Å². The van der Waals surface area contributed by atoms with Gasteiger partial charge in [0.1, 0.15) is 0 Å². The third-order valence-corrected chi connectivity index (χ3v) is 2.74. The minimum Gasteiger partial charge on any atom is -0.298 e. The van der Waals surface area contributed by atoms with Gasteiger partial charge in [-0.05, 0) is 20.4 Å². The molecule has 3 unspecified atom stereocenters. The second-order valence-electron chi connectivity index (χ2n) is 3.47. The molecule has 1 saturated heterocycles. The van der Waals surface area contributed by atoms with Crippen LogP contribution in [0.2, 0.25) is 0 Å². The smallest absolute Gasteiger partial charge is 0.0249 e. The second kappa shape index (κ2) is 3.38. The molecule has 3 atom stereocenters. The predicted octanol–water partition coefficient (Wildman–Crippen LogP) is 2.27. The van der Waals surface area contributed by atoms with Crippen LogP contribution in [0.25, 0.3) is 0 Å². The normalized spacial score (nSPS) is 38.1. The van der Waals surface area contributed by atoms with Crippen LogP contribution < -0.4 is 0 Å². The lowest BCUT2D eigenvalue weighted by atomic mass is 10.1. The van der Waals surface area contributed by atoms with Crippen LogP contribution in [0, 0.1) is 0 Å². The van der Waals surface area contributed by atoms with E-state index in [1.807, 2.05) is 0 Å². The van der Waals surface area contributed by atoms with Gasteiger partial charge < -0.3 is 0 Å². The zero-order valence-electron chi connectivity index (χ0n) is 7.43. The first-order valence-electron chi connectivity index (χ1n) is 4.49. The van der Waals surface area contributed by atoms with Gasteiger partial charge in [0.15, 0.2) is 0 Å². The standard InChI is InChI=1S/C9H19N/c1-4-5-6-7-9-8(2)10(9)3/h8-9H,4-7H2,1-3H3. The molecule has 0 amide bonds. The molecule has 0 aliphatic carbocycles. The number of hydrogen-bond acceptors (Lipinski definition) is 1. The Morgan fingerprint density at radius 3 is 2.30 bits per heavy atom. The van der Waals surface area contributed by atoms with E-state index in [1.165, 1.54) is 25.7 Å². The Morgan fingerprint density at radius 2 is 1.90 bits per heavy atom. The van der Waals surface area contributed by atoms with Gasteiger partial charge in [0.25, 0.3) is 0 Å². The monoisotopic (exact) mass is 141 g/mol. The van der Waals surface area contributed by atoms with Crippen LogP contribution in [-0.4, -0.2) is 24.0 Å². The van der Waals surface area contributed by atoms with E-state index in [1.54, 1.807) is 0 Å². The van der Waals surface area contributed by atoms with Crippen LogP contribution in [0.15, 0.2) is 0 Å². The van der Waals surface area contributed by atoms with Crippen LogP contribution in [-0.2, 0) is 0 Å². The van der Waals surface area contributed by atoms with Crippen LogP contribution >= 0.6 is 0 Å². The molecule has 0 spiro atoms. The van der Waals surface area contributed by atoms with E-state index in [0.717, 1.165) is 12.1 Å². The molecular formula is C9H19N. The van der Waals surface area contributed by atoms with Gasteiger partial charge in [-0.25, -0.2) is 0 Å². The van der Waals surface area contributed by atoms with Crippen molar-refractivity contribution in [2.75, 3.05) is 7.05 Å². The SMILES string of the molecule is CCCCCC1C(C)N1C. The zero-order chi connectivity index (χ0) is 7.56. The number of rotatable bonds is 4. The summed E-state index contributed by atoms with van der Waals surface area (Å²) in [7, 11) is 2.22. The Balaban J connectivity index is 1.95. The molecule has 1 aliphatic heterocycles. The number of unbranched alkanes of at least 4 members (excludes halogenated alkanes) is 2. The summed E-state index contributed by atoms with van der Waals surface area (Å²) in [5, 5.41) is 0. The van der Waals surface area contributed by atoms with Gasteiger partial charge in [-0.15, -0.1) is 0 Å².